The van der Waals surface area contributed by atoms with E-state index in [9.17, 15) is 9.36 Å². The van der Waals surface area contributed by atoms with Gasteiger partial charge in [-0.1, -0.05) is 0 Å². The highest BCUT2D eigenvalue weighted by Gasteiger charge is 2.22. The first kappa shape index (κ1) is 13.5. The van der Waals surface area contributed by atoms with Gasteiger partial charge in [0.15, 0.2) is 6.61 Å². The molecule has 0 aromatic carbocycles. The van der Waals surface area contributed by atoms with Gasteiger partial charge >= 0.3 is 13.8 Å². The van der Waals surface area contributed by atoms with Gasteiger partial charge in [-0.05, 0) is 6.92 Å². The van der Waals surface area contributed by atoms with Gasteiger partial charge in [-0.3, -0.25) is 9.05 Å². The molecule has 0 spiro atoms. The lowest BCUT2D eigenvalue weighted by atomic mass is 10.7. The number of nitrogens with two attached hydrogens (primary N) is 1. The molecule has 0 aliphatic heterocycles. The van der Waals surface area contributed by atoms with Crippen LogP contribution in [-0.4, -0.2) is 37.2 Å². The van der Waals surface area contributed by atoms with Gasteiger partial charge in [-0.15, -0.1) is 0 Å². The Bertz CT molecular complexity index is 220. The van der Waals surface area contributed by atoms with E-state index in [0.717, 1.165) is 0 Å². The van der Waals surface area contributed by atoms with Crippen molar-refractivity contribution in [1.29, 1.82) is 0 Å². The van der Waals surface area contributed by atoms with E-state index in [0.29, 0.717) is 0 Å². The van der Waals surface area contributed by atoms with Crippen molar-refractivity contribution in [3.8, 4) is 0 Å². The number of carbonyl (C=O) groups is 1. The second-order valence-electron chi connectivity index (χ2n) is 2.17. The SMILES string of the molecule is CCOC(=O)COP(=O)(O)OCCN. The molecule has 1 atom stereocenters. The lowest BCUT2D eigenvalue weighted by molar-refractivity contribution is -0.146. The van der Waals surface area contributed by atoms with E-state index in [4.69, 9.17) is 10.6 Å². The number of ether oxygens (including phenoxy) is 1. The molecular weight excluding hydrogens is 213 g/mol. The molecule has 0 fully saturated rings. The second kappa shape index (κ2) is 6.92. The molecule has 1 unspecified atom stereocenters. The molecule has 0 heterocycles. The van der Waals surface area contributed by atoms with Crippen LogP contribution in [0, 0.1) is 0 Å². The average molecular weight is 227 g/mol. The average Bonchev–Trinajstić information content (AvgIpc) is 2.13. The fourth-order valence-electron chi connectivity index (χ4n) is 0.542. The molecule has 0 aromatic heterocycles. The van der Waals surface area contributed by atoms with Gasteiger partial charge in [0.1, 0.15) is 0 Å². The molecule has 8 heteroatoms. The van der Waals surface area contributed by atoms with E-state index in [2.05, 4.69) is 13.8 Å². The molecular formula is C6H14NO6P. The van der Waals surface area contributed by atoms with Crippen LogP contribution in [0.25, 0.3) is 0 Å². The molecule has 0 aromatic rings. The zero-order chi connectivity index (χ0) is 11.0. The molecule has 0 aliphatic rings. The smallest absolute Gasteiger partial charge is 0.464 e. The van der Waals surface area contributed by atoms with Crippen LogP contribution >= 0.6 is 7.82 Å². The number of rotatable bonds is 7. The summed E-state index contributed by atoms with van der Waals surface area (Å²) in [5.74, 6) is -0.724. The number of carbonyl (C=O) groups excluding carboxylic acids is 1. The lowest BCUT2D eigenvalue weighted by Gasteiger charge is -2.10. The Morgan fingerprint density at radius 3 is 2.64 bits per heavy atom. The molecule has 0 saturated carbocycles. The van der Waals surface area contributed by atoms with Crippen LogP contribution in [0.1, 0.15) is 6.92 Å². The van der Waals surface area contributed by atoms with E-state index in [1.165, 1.54) is 0 Å². The van der Waals surface area contributed by atoms with Crippen LogP contribution in [0.2, 0.25) is 0 Å². The first-order valence-corrected chi connectivity index (χ1v) is 5.49. The van der Waals surface area contributed by atoms with E-state index in [-0.39, 0.29) is 19.8 Å². The Hall–Kier alpha value is -0.460. The minimum absolute atomic E-state index is 0.0906. The topological polar surface area (TPSA) is 108 Å². The Morgan fingerprint density at radius 1 is 1.50 bits per heavy atom. The normalized spacial score (nSPS) is 14.8. The van der Waals surface area contributed by atoms with Crippen molar-refractivity contribution in [2.45, 2.75) is 6.92 Å². The van der Waals surface area contributed by atoms with Crippen LogP contribution in [0.3, 0.4) is 0 Å². The standard InChI is InChI=1S/C6H14NO6P/c1-2-11-6(8)5-13-14(9,10)12-4-3-7/h2-5,7H2,1H3,(H,9,10). The molecule has 0 radical (unpaired) electrons. The molecule has 7 nitrogen and oxygen atoms in total. The monoisotopic (exact) mass is 227 g/mol. The summed E-state index contributed by atoms with van der Waals surface area (Å²) < 4.78 is 24.1. The Labute approximate surface area is 81.7 Å². The van der Waals surface area contributed by atoms with Crippen molar-refractivity contribution in [2.24, 2.45) is 5.73 Å². The minimum Gasteiger partial charge on any atom is -0.464 e. The van der Waals surface area contributed by atoms with Crippen LogP contribution < -0.4 is 5.73 Å². The summed E-state index contributed by atoms with van der Waals surface area (Å²) in [5.41, 5.74) is 5.03. The van der Waals surface area contributed by atoms with Gasteiger partial charge in [-0.25, -0.2) is 9.36 Å². The van der Waals surface area contributed by atoms with E-state index >= 15 is 0 Å². The first-order chi connectivity index (χ1) is 6.52. The molecule has 0 rings (SSSR count). The summed E-state index contributed by atoms with van der Waals surface area (Å²) in [6.45, 7) is 1.15. The molecule has 3 N–H and O–H groups in total. The van der Waals surface area contributed by atoms with Crippen LogP contribution in [0.15, 0.2) is 0 Å². The third-order valence-corrected chi connectivity index (χ3v) is 1.99. The maximum absolute atomic E-state index is 10.9. The highest BCUT2D eigenvalue weighted by atomic mass is 31.2. The Kier molecular flexibility index (Phi) is 6.69. The summed E-state index contributed by atoms with van der Waals surface area (Å²) in [6.07, 6.45) is 0. The van der Waals surface area contributed by atoms with Gasteiger partial charge < -0.3 is 15.4 Å². The largest absolute Gasteiger partial charge is 0.472 e. The molecule has 84 valence electrons. The van der Waals surface area contributed by atoms with Crippen LogP contribution in [0.5, 0.6) is 0 Å². The maximum Gasteiger partial charge on any atom is 0.472 e. The zero-order valence-corrected chi connectivity index (χ0v) is 8.74. The number of hydrogen-bond acceptors (Lipinski definition) is 6. The number of hydrogen-bond donors (Lipinski definition) is 2. The third kappa shape index (κ3) is 6.99. The molecule has 14 heavy (non-hydrogen) atoms. The van der Waals surface area contributed by atoms with Gasteiger partial charge in [0, 0.05) is 6.54 Å². The molecule has 0 amide bonds. The first-order valence-electron chi connectivity index (χ1n) is 3.99. The number of esters is 1. The summed E-state index contributed by atoms with van der Waals surface area (Å²) in [6, 6.07) is 0. The van der Waals surface area contributed by atoms with Crippen LogP contribution in [-0.2, 0) is 23.1 Å². The highest BCUT2D eigenvalue weighted by Crippen LogP contribution is 2.42. The fraction of sp³-hybridized carbons (Fsp3) is 0.833. The number of phosphoric acid groups is 1. The van der Waals surface area contributed by atoms with Crippen molar-refractivity contribution in [3.05, 3.63) is 0 Å². The van der Waals surface area contributed by atoms with Crippen molar-refractivity contribution in [1.82, 2.24) is 0 Å². The van der Waals surface area contributed by atoms with Gasteiger partial charge in [0.2, 0.25) is 0 Å². The predicted octanol–water partition coefficient (Wildman–Crippen LogP) is -0.358. The lowest BCUT2D eigenvalue weighted by Crippen LogP contribution is -2.13. The predicted molar refractivity (Wildman–Crippen MR) is 47.4 cm³/mol. The van der Waals surface area contributed by atoms with Crippen molar-refractivity contribution in [3.63, 3.8) is 0 Å². The van der Waals surface area contributed by atoms with Gasteiger partial charge in [-0.2, -0.15) is 0 Å². The summed E-state index contributed by atoms with van der Waals surface area (Å²) in [4.78, 5) is 19.6. The summed E-state index contributed by atoms with van der Waals surface area (Å²) in [7, 11) is -4.17. The Balaban J connectivity index is 3.75. The van der Waals surface area contributed by atoms with E-state index < -0.39 is 20.4 Å². The summed E-state index contributed by atoms with van der Waals surface area (Å²) >= 11 is 0. The van der Waals surface area contributed by atoms with E-state index in [1.807, 2.05) is 0 Å². The van der Waals surface area contributed by atoms with Gasteiger partial charge in [0.25, 0.3) is 0 Å². The van der Waals surface area contributed by atoms with Crippen LogP contribution in [0.4, 0.5) is 0 Å². The third-order valence-electron chi connectivity index (χ3n) is 1.02. The molecule has 0 saturated heterocycles. The highest BCUT2D eigenvalue weighted by molar-refractivity contribution is 7.47. The zero-order valence-electron chi connectivity index (χ0n) is 7.84. The second-order valence-corrected chi connectivity index (χ2v) is 3.62. The van der Waals surface area contributed by atoms with Gasteiger partial charge in [0.05, 0.1) is 13.2 Å². The molecule has 0 bridgehead atoms. The van der Waals surface area contributed by atoms with E-state index in [1.54, 1.807) is 6.92 Å². The van der Waals surface area contributed by atoms with Crippen molar-refractivity contribution < 1.29 is 28.0 Å². The Morgan fingerprint density at radius 2 is 2.14 bits per heavy atom. The minimum atomic E-state index is -4.17. The quantitative estimate of drug-likeness (QED) is 0.451. The molecule has 0 aliphatic carbocycles. The fourth-order valence-corrected chi connectivity index (χ4v) is 1.22. The maximum atomic E-state index is 10.9. The van der Waals surface area contributed by atoms with Crippen molar-refractivity contribution >= 4 is 13.8 Å². The summed E-state index contributed by atoms with van der Waals surface area (Å²) in [5, 5.41) is 0. The number of phosphoric ester groups is 1. The van der Waals surface area contributed by atoms with Crippen molar-refractivity contribution in [2.75, 3.05) is 26.4 Å².